The van der Waals surface area contributed by atoms with Gasteiger partial charge in [0.25, 0.3) is 0 Å². The van der Waals surface area contributed by atoms with Gasteiger partial charge in [-0.05, 0) is 42.0 Å². The molecule has 0 atom stereocenters. The molecule has 0 fully saturated rings. The number of rotatable bonds is 4. The van der Waals surface area contributed by atoms with Crippen molar-refractivity contribution in [1.29, 1.82) is 0 Å². The third-order valence-corrected chi connectivity index (χ3v) is 3.10. The maximum absolute atomic E-state index is 13.0. The standard InChI is InChI=1S/C15H12ClF3O2/c1-20-11-3-5-12(6-4-11)21-14-7-2-10(9-16)8-13(14)15(17,18)19/h2-8H,9H2,1H3. The fraction of sp³-hybridized carbons (Fsp3) is 0.200. The number of hydrogen-bond acceptors (Lipinski definition) is 2. The van der Waals surface area contributed by atoms with Gasteiger partial charge >= 0.3 is 6.18 Å². The highest BCUT2D eigenvalue weighted by molar-refractivity contribution is 6.17. The van der Waals surface area contributed by atoms with Crippen LogP contribution in [0.5, 0.6) is 17.2 Å². The molecule has 0 saturated carbocycles. The molecule has 0 aromatic heterocycles. The molecule has 0 unspecified atom stereocenters. The minimum atomic E-state index is -4.51. The highest BCUT2D eigenvalue weighted by atomic mass is 35.5. The molecule has 2 aromatic carbocycles. The third-order valence-electron chi connectivity index (χ3n) is 2.79. The first-order chi connectivity index (χ1) is 9.94. The summed E-state index contributed by atoms with van der Waals surface area (Å²) in [6, 6.07) is 10.0. The first-order valence-electron chi connectivity index (χ1n) is 6.02. The summed E-state index contributed by atoms with van der Waals surface area (Å²) in [5.41, 5.74) is -0.470. The summed E-state index contributed by atoms with van der Waals surface area (Å²) in [5, 5.41) is 0. The number of ether oxygens (including phenoxy) is 2. The van der Waals surface area contributed by atoms with Crippen molar-refractivity contribution in [2.45, 2.75) is 12.1 Å². The van der Waals surface area contributed by atoms with E-state index in [1.54, 1.807) is 12.1 Å². The Morgan fingerprint density at radius 3 is 2.14 bits per heavy atom. The van der Waals surface area contributed by atoms with Gasteiger partial charge in [0, 0.05) is 5.88 Å². The maximum Gasteiger partial charge on any atom is 0.419 e. The fourth-order valence-electron chi connectivity index (χ4n) is 1.74. The van der Waals surface area contributed by atoms with Gasteiger partial charge < -0.3 is 9.47 Å². The zero-order valence-electron chi connectivity index (χ0n) is 11.1. The molecule has 0 aliphatic rings. The molecular weight excluding hydrogens is 305 g/mol. The van der Waals surface area contributed by atoms with Crippen LogP contribution in [0, 0.1) is 0 Å². The largest absolute Gasteiger partial charge is 0.497 e. The van der Waals surface area contributed by atoms with E-state index in [0.717, 1.165) is 6.07 Å². The Bertz CT molecular complexity index is 609. The Balaban J connectivity index is 2.34. The molecule has 0 heterocycles. The molecule has 0 N–H and O–H groups in total. The summed E-state index contributed by atoms with van der Waals surface area (Å²) in [7, 11) is 1.50. The zero-order valence-corrected chi connectivity index (χ0v) is 11.8. The summed E-state index contributed by atoms with van der Waals surface area (Å²) in [5.74, 6) is 0.628. The van der Waals surface area contributed by atoms with Crippen LogP contribution in [-0.2, 0) is 12.1 Å². The van der Waals surface area contributed by atoms with E-state index in [1.165, 1.54) is 31.4 Å². The van der Waals surface area contributed by atoms with Crippen molar-refractivity contribution in [3.8, 4) is 17.2 Å². The molecule has 112 valence electrons. The van der Waals surface area contributed by atoms with E-state index in [-0.39, 0.29) is 11.6 Å². The van der Waals surface area contributed by atoms with Crippen LogP contribution >= 0.6 is 11.6 Å². The number of benzene rings is 2. The number of hydrogen-bond donors (Lipinski definition) is 0. The van der Waals surface area contributed by atoms with Crippen molar-refractivity contribution in [2.24, 2.45) is 0 Å². The summed E-state index contributed by atoms with van der Waals surface area (Å²) in [6.45, 7) is 0. The lowest BCUT2D eigenvalue weighted by Gasteiger charge is -2.15. The summed E-state index contributed by atoms with van der Waals surface area (Å²) in [6.07, 6.45) is -4.51. The number of alkyl halides is 4. The molecule has 2 aromatic rings. The Kier molecular flexibility index (Phi) is 4.63. The monoisotopic (exact) mass is 316 g/mol. The molecule has 6 heteroatoms. The molecule has 0 amide bonds. The van der Waals surface area contributed by atoms with Crippen LogP contribution in [0.1, 0.15) is 11.1 Å². The first kappa shape index (κ1) is 15.5. The molecule has 0 aliphatic carbocycles. The number of halogens is 4. The number of methoxy groups -OCH3 is 1. The van der Waals surface area contributed by atoms with Crippen LogP contribution < -0.4 is 9.47 Å². The maximum atomic E-state index is 13.0. The van der Waals surface area contributed by atoms with Gasteiger partial charge in [0.2, 0.25) is 0 Å². The lowest BCUT2D eigenvalue weighted by atomic mass is 10.1. The van der Waals surface area contributed by atoms with Gasteiger partial charge in [-0.25, -0.2) is 0 Å². The van der Waals surface area contributed by atoms with Gasteiger partial charge in [-0.15, -0.1) is 11.6 Å². The van der Waals surface area contributed by atoms with Crippen molar-refractivity contribution in [2.75, 3.05) is 7.11 Å². The Hall–Kier alpha value is -1.88. The van der Waals surface area contributed by atoms with Crippen molar-refractivity contribution in [1.82, 2.24) is 0 Å². The van der Waals surface area contributed by atoms with Crippen LogP contribution in [0.2, 0.25) is 0 Å². The van der Waals surface area contributed by atoms with Gasteiger partial charge in [0.05, 0.1) is 12.7 Å². The molecule has 0 aliphatic heterocycles. The molecule has 0 bridgehead atoms. The highest BCUT2D eigenvalue weighted by Gasteiger charge is 2.34. The second-order valence-electron chi connectivity index (χ2n) is 4.24. The highest BCUT2D eigenvalue weighted by Crippen LogP contribution is 2.39. The molecular formula is C15H12ClF3O2. The average molecular weight is 317 g/mol. The van der Waals surface area contributed by atoms with E-state index >= 15 is 0 Å². The third kappa shape index (κ3) is 3.82. The molecule has 0 radical (unpaired) electrons. The Morgan fingerprint density at radius 2 is 1.62 bits per heavy atom. The molecule has 21 heavy (non-hydrogen) atoms. The molecule has 0 spiro atoms. The van der Waals surface area contributed by atoms with Gasteiger partial charge in [0.1, 0.15) is 17.2 Å². The van der Waals surface area contributed by atoms with Crippen LogP contribution in [0.4, 0.5) is 13.2 Å². The van der Waals surface area contributed by atoms with Crippen molar-refractivity contribution < 1.29 is 22.6 Å². The SMILES string of the molecule is COc1ccc(Oc2ccc(CCl)cc2C(F)(F)F)cc1. The van der Waals surface area contributed by atoms with Gasteiger partial charge in [-0.1, -0.05) is 6.07 Å². The van der Waals surface area contributed by atoms with Crippen LogP contribution in [0.15, 0.2) is 42.5 Å². The quantitative estimate of drug-likeness (QED) is 0.718. The van der Waals surface area contributed by atoms with E-state index in [0.29, 0.717) is 17.1 Å². The Morgan fingerprint density at radius 1 is 1.00 bits per heavy atom. The van der Waals surface area contributed by atoms with Crippen LogP contribution in [0.25, 0.3) is 0 Å². The van der Waals surface area contributed by atoms with Gasteiger partial charge in [-0.2, -0.15) is 13.2 Å². The minimum Gasteiger partial charge on any atom is -0.497 e. The lowest BCUT2D eigenvalue weighted by Crippen LogP contribution is -2.07. The first-order valence-corrected chi connectivity index (χ1v) is 6.55. The smallest absolute Gasteiger partial charge is 0.419 e. The van der Waals surface area contributed by atoms with Gasteiger partial charge in [-0.3, -0.25) is 0 Å². The summed E-state index contributed by atoms with van der Waals surface area (Å²) < 4.78 is 49.4. The van der Waals surface area contributed by atoms with Gasteiger partial charge in [0.15, 0.2) is 0 Å². The lowest BCUT2D eigenvalue weighted by molar-refractivity contribution is -0.138. The van der Waals surface area contributed by atoms with Crippen molar-refractivity contribution in [3.63, 3.8) is 0 Å². The minimum absolute atomic E-state index is 0.00585. The van der Waals surface area contributed by atoms with E-state index in [9.17, 15) is 13.2 Å². The van der Waals surface area contributed by atoms with Crippen LogP contribution in [-0.4, -0.2) is 7.11 Å². The Labute approximate surface area is 125 Å². The van der Waals surface area contributed by atoms with Crippen molar-refractivity contribution in [3.05, 3.63) is 53.6 Å². The van der Waals surface area contributed by atoms with E-state index in [1.807, 2.05) is 0 Å². The summed E-state index contributed by atoms with van der Waals surface area (Å²) >= 11 is 5.57. The van der Waals surface area contributed by atoms with Crippen LogP contribution in [0.3, 0.4) is 0 Å². The predicted octanol–water partition coefficient (Wildman–Crippen LogP) is 5.25. The second-order valence-corrected chi connectivity index (χ2v) is 4.51. The normalized spacial score (nSPS) is 11.3. The van der Waals surface area contributed by atoms with E-state index in [2.05, 4.69) is 0 Å². The van der Waals surface area contributed by atoms with Crippen molar-refractivity contribution >= 4 is 11.6 Å². The fourth-order valence-corrected chi connectivity index (χ4v) is 1.91. The molecule has 2 rings (SSSR count). The second kappa shape index (κ2) is 6.26. The van der Waals surface area contributed by atoms with E-state index in [4.69, 9.17) is 21.1 Å². The topological polar surface area (TPSA) is 18.5 Å². The van der Waals surface area contributed by atoms with E-state index < -0.39 is 11.7 Å². The predicted molar refractivity (Wildman–Crippen MR) is 74.1 cm³/mol. The molecule has 0 saturated heterocycles. The summed E-state index contributed by atoms with van der Waals surface area (Å²) in [4.78, 5) is 0. The molecule has 2 nitrogen and oxygen atoms in total. The zero-order chi connectivity index (χ0) is 15.5. The average Bonchev–Trinajstić information content (AvgIpc) is 2.47.